The van der Waals surface area contributed by atoms with E-state index in [1.807, 2.05) is 63.2 Å². The van der Waals surface area contributed by atoms with E-state index in [0.29, 0.717) is 18.8 Å². The van der Waals surface area contributed by atoms with Crippen molar-refractivity contribution in [3.05, 3.63) is 63.6 Å². The second-order valence-corrected chi connectivity index (χ2v) is 7.63. The summed E-state index contributed by atoms with van der Waals surface area (Å²) in [6.45, 7) is 8.30. The molecule has 2 rings (SSSR count). The van der Waals surface area contributed by atoms with Gasteiger partial charge in [0.2, 0.25) is 5.91 Å². The van der Waals surface area contributed by atoms with E-state index in [-0.39, 0.29) is 18.4 Å². The highest BCUT2D eigenvalue weighted by atomic mass is 79.9. The molecule has 2 amide bonds. The van der Waals surface area contributed by atoms with Gasteiger partial charge in [0, 0.05) is 17.6 Å². The number of ether oxygens (including phenoxy) is 1. The number of carbonyl (C=O) groups excluding carboxylic acids is 2. The Morgan fingerprint density at radius 1 is 1.14 bits per heavy atom. The highest BCUT2D eigenvalue weighted by Gasteiger charge is 2.26. The number of amides is 2. The van der Waals surface area contributed by atoms with Crippen LogP contribution in [0.5, 0.6) is 5.75 Å². The molecule has 0 unspecified atom stereocenters. The quantitative estimate of drug-likeness (QED) is 0.666. The number of hydrogen-bond donors (Lipinski definition) is 1. The summed E-state index contributed by atoms with van der Waals surface area (Å²) in [5.41, 5.74) is 3.14. The topological polar surface area (TPSA) is 58.6 Å². The lowest BCUT2D eigenvalue weighted by Crippen LogP contribution is -2.49. The summed E-state index contributed by atoms with van der Waals surface area (Å²) < 4.78 is 6.67. The Bertz CT molecular complexity index is 821. The minimum atomic E-state index is -0.594. The monoisotopic (exact) mass is 446 g/mol. The van der Waals surface area contributed by atoms with Gasteiger partial charge in [0.15, 0.2) is 6.61 Å². The zero-order valence-electron chi connectivity index (χ0n) is 16.8. The first-order chi connectivity index (χ1) is 13.3. The molecule has 0 aliphatic carbocycles. The smallest absolute Gasteiger partial charge is 0.261 e. The number of carbonyl (C=O) groups is 2. The third-order valence-electron chi connectivity index (χ3n) is 4.48. The minimum absolute atomic E-state index is 0.128. The van der Waals surface area contributed by atoms with E-state index in [9.17, 15) is 9.59 Å². The molecule has 6 heteroatoms. The molecular formula is C22H27BrN2O3. The first-order valence-corrected chi connectivity index (χ1v) is 10.1. The largest absolute Gasteiger partial charge is 0.484 e. The van der Waals surface area contributed by atoms with Crippen LogP contribution in [0, 0.1) is 13.8 Å². The van der Waals surface area contributed by atoms with E-state index in [2.05, 4.69) is 21.2 Å². The summed E-state index contributed by atoms with van der Waals surface area (Å²) in [5.74, 6) is 0.206. The maximum atomic E-state index is 12.9. The summed E-state index contributed by atoms with van der Waals surface area (Å²) in [6.07, 6.45) is 0. The first-order valence-electron chi connectivity index (χ1n) is 9.33. The molecule has 0 aromatic heterocycles. The Hall–Kier alpha value is -2.34. The van der Waals surface area contributed by atoms with Gasteiger partial charge in [-0.2, -0.15) is 0 Å². The molecule has 0 heterocycles. The molecule has 0 radical (unpaired) electrons. The van der Waals surface area contributed by atoms with Crippen molar-refractivity contribution >= 4 is 27.7 Å². The van der Waals surface area contributed by atoms with Gasteiger partial charge in [-0.25, -0.2) is 0 Å². The molecule has 2 aromatic carbocycles. The SMILES string of the molecule is CCNC(=O)[C@@H](C)N(Cc1ccc(C)cc1)C(=O)COc1ccc(Br)c(C)c1. The third kappa shape index (κ3) is 6.09. The Morgan fingerprint density at radius 2 is 1.82 bits per heavy atom. The molecule has 28 heavy (non-hydrogen) atoms. The third-order valence-corrected chi connectivity index (χ3v) is 5.37. The fourth-order valence-corrected chi connectivity index (χ4v) is 2.98. The fourth-order valence-electron chi connectivity index (χ4n) is 2.73. The van der Waals surface area contributed by atoms with Crippen molar-refractivity contribution in [1.82, 2.24) is 10.2 Å². The number of halogens is 1. The van der Waals surface area contributed by atoms with Crippen LogP contribution in [0.1, 0.15) is 30.5 Å². The number of rotatable bonds is 8. The van der Waals surface area contributed by atoms with Gasteiger partial charge in [-0.15, -0.1) is 0 Å². The van der Waals surface area contributed by atoms with Gasteiger partial charge in [0.05, 0.1) is 0 Å². The molecule has 150 valence electrons. The van der Waals surface area contributed by atoms with Gasteiger partial charge in [-0.1, -0.05) is 45.8 Å². The number of hydrogen-bond acceptors (Lipinski definition) is 3. The Labute approximate surface area is 175 Å². The molecular weight excluding hydrogens is 420 g/mol. The fraction of sp³-hybridized carbons (Fsp3) is 0.364. The van der Waals surface area contributed by atoms with E-state index >= 15 is 0 Å². The Morgan fingerprint density at radius 3 is 2.43 bits per heavy atom. The molecule has 0 aliphatic heterocycles. The van der Waals surface area contributed by atoms with Crippen LogP contribution in [0.25, 0.3) is 0 Å². The van der Waals surface area contributed by atoms with Crippen molar-refractivity contribution in [3.63, 3.8) is 0 Å². The van der Waals surface area contributed by atoms with E-state index in [4.69, 9.17) is 4.74 Å². The highest BCUT2D eigenvalue weighted by molar-refractivity contribution is 9.10. The van der Waals surface area contributed by atoms with Gasteiger partial charge in [0.1, 0.15) is 11.8 Å². The van der Waals surface area contributed by atoms with Gasteiger partial charge in [-0.05, 0) is 57.0 Å². The molecule has 0 spiro atoms. The van der Waals surface area contributed by atoms with Crippen LogP contribution in [-0.2, 0) is 16.1 Å². The van der Waals surface area contributed by atoms with Gasteiger partial charge in [-0.3, -0.25) is 9.59 Å². The Balaban J connectivity index is 2.13. The number of likely N-dealkylation sites (N-methyl/N-ethyl adjacent to an activating group) is 1. The molecule has 5 nitrogen and oxygen atoms in total. The lowest BCUT2D eigenvalue weighted by molar-refractivity contribution is -0.142. The van der Waals surface area contributed by atoms with Crippen LogP contribution in [-0.4, -0.2) is 35.9 Å². The first kappa shape index (κ1) is 22.0. The maximum Gasteiger partial charge on any atom is 0.261 e. The lowest BCUT2D eigenvalue weighted by Gasteiger charge is -2.28. The second kappa shape index (κ2) is 10.3. The number of nitrogens with zero attached hydrogens (tertiary/aromatic N) is 1. The normalized spacial score (nSPS) is 11.6. The van der Waals surface area contributed by atoms with Crippen molar-refractivity contribution in [1.29, 1.82) is 0 Å². The summed E-state index contributed by atoms with van der Waals surface area (Å²) in [4.78, 5) is 26.8. The average Bonchev–Trinajstić information content (AvgIpc) is 2.68. The maximum absolute atomic E-state index is 12.9. The molecule has 0 aliphatic rings. The molecule has 0 saturated heterocycles. The van der Waals surface area contributed by atoms with Crippen molar-refractivity contribution < 1.29 is 14.3 Å². The summed E-state index contributed by atoms with van der Waals surface area (Å²) in [5, 5.41) is 2.78. The predicted molar refractivity (Wildman–Crippen MR) is 114 cm³/mol. The number of aryl methyl sites for hydroxylation is 2. The van der Waals surface area contributed by atoms with Gasteiger partial charge in [0.25, 0.3) is 5.91 Å². The van der Waals surface area contributed by atoms with Crippen LogP contribution in [0.4, 0.5) is 0 Å². The van der Waals surface area contributed by atoms with Crippen molar-refractivity contribution in [2.75, 3.05) is 13.2 Å². The van der Waals surface area contributed by atoms with E-state index < -0.39 is 6.04 Å². The van der Waals surface area contributed by atoms with Crippen LogP contribution in [0.15, 0.2) is 46.9 Å². The zero-order chi connectivity index (χ0) is 20.7. The zero-order valence-corrected chi connectivity index (χ0v) is 18.4. The lowest BCUT2D eigenvalue weighted by atomic mass is 10.1. The van der Waals surface area contributed by atoms with E-state index in [0.717, 1.165) is 21.2 Å². The minimum Gasteiger partial charge on any atom is -0.484 e. The van der Waals surface area contributed by atoms with Crippen LogP contribution in [0.2, 0.25) is 0 Å². The number of nitrogens with one attached hydrogen (secondary N) is 1. The van der Waals surface area contributed by atoms with Gasteiger partial charge >= 0.3 is 0 Å². The van der Waals surface area contributed by atoms with E-state index in [1.165, 1.54) is 0 Å². The average molecular weight is 447 g/mol. The van der Waals surface area contributed by atoms with Crippen molar-refractivity contribution in [3.8, 4) is 5.75 Å². The summed E-state index contributed by atoms with van der Waals surface area (Å²) in [6, 6.07) is 12.9. The van der Waals surface area contributed by atoms with Crippen molar-refractivity contribution in [2.24, 2.45) is 0 Å². The van der Waals surface area contributed by atoms with Gasteiger partial charge < -0.3 is 15.0 Å². The molecule has 0 saturated carbocycles. The van der Waals surface area contributed by atoms with Crippen LogP contribution < -0.4 is 10.1 Å². The molecule has 1 N–H and O–H groups in total. The molecule has 1 atom stereocenters. The summed E-state index contributed by atoms with van der Waals surface area (Å²) >= 11 is 3.45. The van der Waals surface area contributed by atoms with Crippen LogP contribution in [0.3, 0.4) is 0 Å². The standard InChI is InChI=1S/C22H27BrN2O3/c1-5-24-22(27)17(4)25(13-18-8-6-15(2)7-9-18)21(26)14-28-19-10-11-20(23)16(3)12-19/h6-12,17H,5,13-14H2,1-4H3,(H,24,27)/t17-/m1/s1. The highest BCUT2D eigenvalue weighted by Crippen LogP contribution is 2.21. The summed E-state index contributed by atoms with van der Waals surface area (Å²) in [7, 11) is 0. The second-order valence-electron chi connectivity index (χ2n) is 6.78. The Kier molecular flexibility index (Phi) is 8.05. The number of benzene rings is 2. The molecule has 2 aromatic rings. The van der Waals surface area contributed by atoms with E-state index in [1.54, 1.807) is 11.8 Å². The molecule has 0 fully saturated rings. The van der Waals surface area contributed by atoms with Crippen molar-refractivity contribution in [2.45, 2.75) is 40.3 Å². The van der Waals surface area contributed by atoms with Crippen LogP contribution >= 0.6 is 15.9 Å². The predicted octanol–water partition coefficient (Wildman–Crippen LogP) is 4.00. The molecule has 0 bridgehead atoms.